The SMILES string of the molecule is CCCCOc1ccc2c(=O)n(-c3ccc(N4CCC(C)C4)cc3F)cnc2c1. The molecule has 1 atom stereocenters. The molecule has 5 nitrogen and oxygen atoms in total. The topological polar surface area (TPSA) is 47.4 Å². The fraction of sp³-hybridized carbons (Fsp3) is 0.391. The van der Waals surface area contributed by atoms with Crippen LogP contribution >= 0.6 is 0 Å². The van der Waals surface area contributed by atoms with Gasteiger partial charge in [-0.15, -0.1) is 0 Å². The van der Waals surface area contributed by atoms with Crippen LogP contribution in [0, 0.1) is 11.7 Å². The van der Waals surface area contributed by atoms with Crippen LogP contribution in [0.2, 0.25) is 0 Å². The highest BCUT2D eigenvalue weighted by Crippen LogP contribution is 2.26. The standard InChI is InChI=1S/C23H26FN3O2/c1-3-4-11-29-18-6-7-19-21(13-18)25-15-27(23(19)28)22-8-5-17(12-20(22)24)26-10-9-16(2)14-26/h5-8,12-13,15-16H,3-4,9-11,14H2,1-2H3. The van der Waals surface area contributed by atoms with Gasteiger partial charge in [0, 0.05) is 24.8 Å². The van der Waals surface area contributed by atoms with Gasteiger partial charge in [0.05, 0.1) is 23.2 Å². The molecule has 1 fully saturated rings. The molecule has 0 aliphatic carbocycles. The van der Waals surface area contributed by atoms with E-state index in [1.807, 2.05) is 6.07 Å². The average molecular weight is 395 g/mol. The molecular weight excluding hydrogens is 369 g/mol. The average Bonchev–Trinajstić information content (AvgIpc) is 3.15. The third kappa shape index (κ3) is 3.97. The third-order valence-corrected chi connectivity index (χ3v) is 5.48. The van der Waals surface area contributed by atoms with E-state index in [9.17, 15) is 9.18 Å². The number of fused-ring (bicyclic) bond motifs is 1. The predicted octanol–water partition coefficient (Wildman–Crippen LogP) is 4.55. The van der Waals surface area contributed by atoms with Gasteiger partial charge in [0.1, 0.15) is 17.9 Å². The smallest absolute Gasteiger partial charge is 0.265 e. The van der Waals surface area contributed by atoms with Gasteiger partial charge < -0.3 is 9.64 Å². The summed E-state index contributed by atoms with van der Waals surface area (Å²) in [6, 6.07) is 10.3. The number of rotatable bonds is 6. The molecule has 1 aliphatic rings. The highest BCUT2D eigenvalue weighted by atomic mass is 19.1. The van der Waals surface area contributed by atoms with Crippen molar-refractivity contribution < 1.29 is 9.13 Å². The van der Waals surface area contributed by atoms with Gasteiger partial charge in [-0.2, -0.15) is 0 Å². The van der Waals surface area contributed by atoms with Crippen molar-refractivity contribution in [3.05, 3.63) is 58.9 Å². The molecule has 152 valence electrons. The van der Waals surface area contributed by atoms with Gasteiger partial charge in [-0.3, -0.25) is 9.36 Å². The minimum Gasteiger partial charge on any atom is -0.494 e. The van der Waals surface area contributed by atoms with E-state index < -0.39 is 5.82 Å². The van der Waals surface area contributed by atoms with Crippen molar-refractivity contribution in [1.82, 2.24) is 9.55 Å². The van der Waals surface area contributed by atoms with Crippen molar-refractivity contribution in [3.8, 4) is 11.4 Å². The Hall–Kier alpha value is -2.89. The van der Waals surface area contributed by atoms with E-state index in [0.29, 0.717) is 29.2 Å². The van der Waals surface area contributed by atoms with E-state index in [-0.39, 0.29) is 11.2 Å². The summed E-state index contributed by atoms with van der Waals surface area (Å²) >= 11 is 0. The quantitative estimate of drug-likeness (QED) is 0.575. The van der Waals surface area contributed by atoms with Gasteiger partial charge in [-0.1, -0.05) is 20.3 Å². The minimum absolute atomic E-state index is 0.212. The largest absolute Gasteiger partial charge is 0.494 e. The fourth-order valence-corrected chi connectivity index (χ4v) is 3.75. The van der Waals surface area contributed by atoms with Crippen molar-refractivity contribution in [2.75, 3.05) is 24.6 Å². The first kappa shape index (κ1) is 19.4. The lowest BCUT2D eigenvalue weighted by Gasteiger charge is -2.19. The van der Waals surface area contributed by atoms with Crippen LogP contribution in [0.1, 0.15) is 33.1 Å². The molecule has 0 amide bonds. The molecule has 0 saturated carbocycles. The summed E-state index contributed by atoms with van der Waals surface area (Å²) in [5.41, 5.74) is 1.31. The maximum atomic E-state index is 14.9. The molecule has 3 aromatic rings. The third-order valence-electron chi connectivity index (χ3n) is 5.48. The molecule has 1 aliphatic heterocycles. The van der Waals surface area contributed by atoms with Crippen LogP contribution in [0.3, 0.4) is 0 Å². The maximum absolute atomic E-state index is 14.9. The molecule has 2 aromatic carbocycles. The van der Waals surface area contributed by atoms with E-state index in [2.05, 4.69) is 23.7 Å². The summed E-state index contributed by atoms with van der Waals surface area (Å²) in [4.78, 5) is 19.5. The number of nitrogens with zero attached hydrogens (tertiary/aromatic N) is 3. The zero-order valence-corrected chi connectivity index (χ0v) is 16.9. The monoisotopic (exact) mass is 395 g/mol. The lowest BCUT2D eigenvalue weighted by atomic mass is 10.2. The zero-order valence-electron chi connectivity index (χ0n) is 16.9. The number of unbranched alkanes of at least 4 members (excludes halogenated alkanes) is 1. The van der Waals surface area contributed by atoms with Crippen LogP contribution in [-0.4, -0.2) is 29.2 Å². The van der Waals surface area contributed by atoms with Crippen LogP contribution < -0.4 is 15.2 Å². The molecule has 0 radical (unpaired) electrons. The number of hydrogen-bond acceptors (Lipinski definition) is 4. The highest BCUT2D eigenvalue weighted by Gasteiger charge is 2.20. The van der Waals surface area contributed by atoms with Crippen LogP contribution in [0.25, 0.3) is 16.6 Å². The Morgan fingerprint density at radius 3 is 2.83 bits per heavy atom. The molecule has 29 heavy (non-hydrogen) atoms. The van der Waals surface area contributed by atoms with E-state index in [0.717, 1.165) is 38.0 Å². The molecule has 1 saturated heterocycles. The molecular formula is C23H26FN3O2. The van der Waals surface area contributed by atoms with Crippen LogP contribution in [-0.2, 0) is 0 Å². The molecule has 0 spiro atoms. The summed E-state index contributed by atoms with van der Waals surface area (Å²) in [6.45, 7) is 6.79. The first-order valence-electron chi connectivity index (χ1n) is 10.3. The van der Waals surface area contributed by atoms with E-state index in [1.54, 1.807) is 24.3 Å². The Morgan fingerprint density at radius 1 is 1.24 bits per heavy atom. The lowest BCUT2D eigenvalue weighted by Crippen LogP contribution is -2.21. The molecule has 1 aromatic heterocycles. The summed E-state index contributed by atoms with van der Waals surface area (Å²) < 4.78 is 21.8. The number of halogens is 1. The zero-order chi connectivity index (χ0) is 20.4. The van der Waals surface area contributed by atoms with Crippen LogP contribution in [0.5, 0.6) is 5.75 Å². The van der Waals surface area contributed by atoms with Gasteiger partial charge in [-0.25, -0.2) is 9.37 Å². The molecule has 0 bridgehead atoms. The Labute approximate surface area is 169 Å². The van der Waals surface area contributed by atoms with E-state index in [4.69, 9.17) is 4.74 Å². The Morgan fingerprint density at radius 2 is 2.10 bits per heavy atom. The van der Waals surface area contributed by atoms with E-state index >= 15 is 0 Å². The van der Waals surface area contributed by atoms with Crippen molar-refractivity contribution in [2.24, 2.45) is 5.92 Å². The van der Waals surface area contributed by atoms with Gasteiger partial charge in [0.25, 0.3) is 5.56 Å². The number of ether oxygens (including phenoxy) is 1. The normalized spacial score (nSPS) is 16.5. The van der Waals surface area contributed by atoms with Gasteiger partial charge in [0.2, 0.25) is 0 Å². The number of aromatic nitrogens is 2. The Kier molecular flexibility index (Phi) is 5.51. The second-order valence-corrected chi connectivity index (χ2v) is 7.78. The minimum atomic E-state index is -0.426. The van der Waals surface area contributed by atoms with Crippen molar-refractivity contribution in [3.63, 3.8) is 0 Å². The number of hydrogen-bond donors (Lipinski definition) is 0. The summed E-state index contributed by atoms with van der Waals surface area (Å²) in [7, 11) is 0. The van der Waals surface area contributed by atoms with Crippen LogP contribution in [0.15, 0.2) is 47.5 Å². The molecule has 2 heterocycles. The fourth-order valence-electron chi connectivity index (χ4n) is 3.75. The second-order valence-electron chi connectivity index (χ2n) is 7.78. The molecule has 0 N–H and O–H groups in total. The van der Waals surface area contributed by atoms with Gasteiger partial charge in [-0.05, 0) is 49.1 Å². The molecule has 1 unspecified atom stereocenters. The summed E-state index contributed by atoms with van der Waals surface area (Å²) in [5, 5.41) is 0.437. The van der Waals surface area contributed by atoms with Crippen molar-refractivity contribution in [2.45, 2.75) is 33.1 Å². The Bertz CT molecular complexity index is 1080. The maximum Gasteiger partial charge on any atom is 0.265 e. The van der Waals surface area contributed by atoms with Gasteiger partial charge in [0.15, 0.2) is 0 Å². The first-order chi connectivity index (χ1) is 14.1. The van der Waals surface area contributed by atoms with Crippen LogP contribution in [0.4, 0.5) is 10.1 Å². The number of benzene rings is 2. The highest BCUT2D eigenvalue weighted by molar-refractivity contribution is 5.79. The summed E-state index contributed by atoms with van der Waals surface area (Å²) in [5.74, 6) is 0.872. The Balaban J connectivity index is 1.64. The summed E-state index contributed by atoms with van der Waals surface area (Å²) in [6.07, 6.45) is 4.52. The van der Waals surface area contributed by atoms with Gasteiger partial charge >= 0.3 is 0 Å². The molecule has 6 heteroatoms. The number of anilines is 1. The molecule has 4 rings (SSSR count). The van der Waals surface area contributed by atoms with E-state index in [1.165, 1.54) is 17.0 Å². The first-order valence-corrected chi connectivity index (χ1v) is 10.3. The predicted molar refractivity (Wildman–Crippen MR) is 114 cm³/mol. The second kappa shape index (κ2) is 8.23. The van der Waals surface area contributed by atoms with Crippen molar-refractivity contribution in [1.29, 1.82) is 0 Å². The lowest BCUT2D eigenvalue weighted by molar-refractivity contribution is 0.310. The van der Waals surface area contributed by atoms with Crippen molar-refractivity contribution >= 4 is 16.6 Å².